The minimum absolute atomic E-state index is 0. The van der Waals surface area contributed by atoms with E-state index in [0.717, 1.165) is 0 Å². The molecular formula is C24H21I6N4NaO8. The molecule has 12 nitrogen and oxygen atoms in total. The monoisotopic (exact) mass is 1280 g/mol. The van der Waals surface area contributed by atoms with Crippen molar-refractivity contribution in [3.8, 4) is 0 Å². The number of hydrogen-bond donors (Lipinski definition) is 3. The molecule has 0 aromatic heterocycles. The van der Waals surface area contributed by atoms with E-state index in [0.29, 0.717) is 44.2 Å². The molecule has 0 saturated carbocycles. The first-order valence-electron chi connectivity index (χ1n) is 11.1. The average Bonchev–Trinajstić information content (AvgIpc) is 2.83. The third kappa shape index (κ3) is 10.8. The quantitative estimate of drug-likeness (QED) is 0.291. The van der Waals surface area contributed by atoms with Gasteiger partial charge in [-0.15, -0.1) is 0 Å². The fourth-order valence-corrected chi connectivity index (χ4v) is 12.4. The molecular weight excluding hydrogens is 1260 g/mol. The first-order valence-corrected chi connectivity index (χ1v) is 17.5. The molecule has 3 N–H and O–H groups in total. The van der Waals surface area contributed by atoms with E-state index >= 15 is 0 Å². The van der Waals surface area contributed by atoms with Gasteiger partial charge >= 0.3 is 35.5 Å². The molecule has 0 heterocycles. The summed E-state index contributed by atoms with van der Waals surface area (Å²) in [6, 6.07) is 0. The normalized spacial score (nSPS) is 9.95. The first-order chi connectivity index (χ1) is 19.2. The summed E-state index contributed by atoms with van der Waals surface area (Å²) in [6.45, 7) is 5.44. The van der Waals surface area contributed by atoms with Crippen molar-refractivity contribution >= 4 is 194 Å². The van der Waals surface area contributed by atoms with Crippen LogP contribution in [0.3, 0.4) is 0 Å². The van der Waals surface area contributed by atoms with Crippen LogP contribution >= 0.6 is 136 Å². The molecule has 2 aromatic carbocycles. The Morgan fingerprint density at radius 2 is 0.907 bits per heavy atom. The number of halogens is 6. The maximum atomic E-state index is 11.6. The van der Waals surface area contributed by atoms with Crippen molar-refractivity contribution in [3.05, 3.63) is 32.5 Å². The topological polar surface area (TPSA) is 176 Å². The number of carboxylic acid groups (broad SMARTS) is 2. The number of benzene rings is 2. The van der Waals surface area contributed by atoms with Gasteiger partial charge in [-0.2, -0.15) is 0 Å². The van der Waals surface area contributed by atoms with Gasteiger partial charge in [0, 0.05) is 54.5 Å². The van der Waals surface area contributed by atoms with Crippen molar-refractivity contribution in [2.45, 2.75) is 27.7 Å². The molecule has 0 spiro atoms. The fraction of sp³-hybridized carbons (Fsp3) is 0.250. The number of nitrogens with zero attached hydrogens (tertiary/aromatic N) is 2. The smallest absolute Gasteiger partial charge is 0.545 e. The molecule has 0 bridgehead atoms. The van der Waals surface area contributed by atoms with Gasteiger partial charge in [0.1, 0.15) is 0 Å². The largest absolute Gasteiger partial charge is 1.00 e. The Morgan fingerprint density at radius 1 is 0.605 bits per heavy atom. The van der Waals surface area contributed by atoms with Crippen LogP contribution < -0.4 is 55.1 Å². The van der Waals surface area contributed by atoms with Crippen LogP contribution in [0.25, 0.3) is 0 Å². The van der Waals surface area contributed by atoms with Crippen molar-refractivity contribution in [2.24, 2.45) is 0 Å². The molecule has 0 fully saturated rings. The maximum absolute atomic E-state index is 11.6. The van der Waals surface area contributed by atoms with E-state index in [-0.39, 0.29) is 64.3 Å². The summed E-state index contributed by atoms with van der Waals surface area (Å²) >= 11 is 11.5. The van der Waals surface area contributed by atoms with Crippen LogP contribution in [-0.2, 0) is 19.2 Å². The molecule has 19 heteroatoms. The van der Waals surface area contributed by atoms with Gasteiger partial charge in [-0.1, -0.05) is 0 Å². The summed E-state index contributed by atoms with van der Waals surface area (Å²) in [5.74, 6) is -3.56. The Hall–Kier alpha value is 0.640. The van der Waals surface area contributed by atoms with E-state index in [2.05, 4.69) is 10.6 Å². The summed E-state index contributed by atoms with van der Waals surface area (Å²) in [5.41, 5.74) is 1.72. The second-order valence-corrected chi connectivity index (χ2v) is 14.7. The average molecular weight is 1280 g/mol. The van der Waals surface area contributed by atoms with Crippen molar-refractivity contribution < 1.29 is 68.5 Å². The molecule has 0 aliphatic heterocycles. The number of anilines is 4. The number of amides is 4. The van der Waals surface area contributed by atoms with E-state index in [9.17, 15) is 39.0 Å². The molecule has 2 aromatic rings. The van der Waals surface area contributed by atoms with Gasteiger partial charge in [0.15, 0.2) is 0 Å². The van der Waals surface area contributed by atoms with Gasteiger partial charge in [-0.25, -0.2) is 4.79 Å². The number of aromatic carboxylic acids is 2. The van der Waals surface area contributed by atoms with E-state index in [1.165, 1.54) is 37.5 Å². The van der Waals surface area contributed by atoms with E-state index in [1.54, 1.807) is 14.1 Å². The molecule has 2 rings (SSSR count). The number of hydrogen-bond acceptors (Lipinski definition) is 7. The zero-order valence-electron chi connectivity index (χ0n) is 23.5. The third-order valence-electron chi connectivity index (χ3n) is 5.22. The van der Waals surface area contributed by atoms with Gasteiger partial charge < -0.3 is 35.4 Å². The van der Waals surface area contributed by atoms with Gasteiger partial charge in [0.25, 0.3) is 0 Å². The number of carbonyl (C=O) groups excluding carboxylic acids is 5. The predicted molar refractivity (Wildman–Crippen MR) is 207 cm³/mol. The standard InChI is InChI=1S/2C12H11I3N2O4.Na/c2*1-4(18)16-10-7(13)6(12(20)21)8(14)11(9(10)15)17(3)5(2)19;/h2*1-3H3,(H,16,18)(H,20,21);/q;;+1/p-1. The van der Waals surface area contributed by atoms with Crippen molar-refractivity contribution in [3.63, 3.8) is 0 Å². The zero-order valence-corrected chi connectivity index (χ0v) is 38.4. The summed E-state index contributed by atoms with van der Waals surface area (Å²) in [7, 11) is 3.11. The second-order valence-electron chi connectivity index (χ2n) is 8.19. The summed E-state index contributed by atoms with van der Waals surface area (Å²) < 4.78 is 2.88. The Labute approximate surface area is 351 Å². The fourth-order valence-electron chi connectivity index (χ4n) is 3.14. The van der Waals surface area contributed by atoms with Crippen LogP contribution in [0, 0.1) is 21.4 Å². The van der Waals surface area contributed by atoms with Crippen LogP contribution in [0.15, 0.2) is 0 Å². The Bertz CT molecular complexity index is 1410. The first kappa shape index (κ1) is 43.6. The predicted octanol–water partition coefficient (Wildman–Crippen LogP) is 1.95. The summed E-state index contributed by atoms with van der Waals surface area (Å²) in [5, 5.41) is 26.1. The van der Waals surface area contributed by atoms with Crippen molar-refractivity contribution in [2.75, 3.05) is 34.5 Å². The number of carbonyl (C=O) groups is 6. The number of carboxylic acids is 2. The number of nitrogens with one attached hydrogen (secondary N) is 2. The molecule has 0 radical (unpaired) electrons. The van der Waals surface area contributed by atoms with Crippen LogP contribution in [0.2, 0.25) is 0 Å². The third-order valence-corrected chi connectivity index (χ3v) is 11.6. The molecule has 0 saturated heterocycles. The van der Waals surface area contributed by atoms with Gasteiger partial charge in [-0.3, -0.25) is 19.2 Å². The van der Waals surface area contributed by atoms with Gasteiger partial charge in [0.05, 0.1) is 48.6 Å². The minimum Gasteiger partial charge on any atom is -0.545 e. The van der Waals surface area contributed by atoms with E-state index in [1.807, 2.05) is 136 Å². The number of rotatable bonds is 6. The molecule has 228 valence electrons. The molecule has 0 aliphatic carbocycles. The SMILES string of the molecule is CC(=O)Nc1c(I)c(C(=O)O)c(I)c(N(C)C(C)=O)c1I.CC(=O)Nc1c(I)c(C(=O)[O-])c(I)c(N(C)C(C)=O)c1I.[Na+]. The zero-order chi connectivity index (χ0) is 33.0. The minimum atomic E-state index is -1.36. The van der Waals surface area contributed by atoms with Crippen molar-refractivity contribution in [1.29, 1.82) is 0 Å². The van der Waals surface area contributed by atoms with Crippen LogP contribution in [-0.4, -0.2) is 54.8 Å². The molecule has 0 atom stereocenters. The van der Waals surface area contributed by atoms with Gasteiger partial charge in [-0.05, 0) is 136 Å². The van der Waals surface area contributed by atoms with Crippen LogP contribution in [0.5, 0.6) is 0 Å². The van der Waals surface area contributed by atoms with E-state index in [4.69, 9.17) is 0 Å². The van der Waals surface area contributed by atoms with Crippen LogP contribution in [0.4, 0.5) is 22.7 Å². The Balaban J connectivity index is 0.000000802. The Morgan fingerprint density at radius 3 is 1.16 bits per heavy atom. The second kappa shape index (κ2) is 18.8. The maximum Gasteiger partial charge on any atom is 1.00 e. The molecule has 0 aliphatic rings. The van der Waals surface area contributed by atoms with E-state index < -0.39 is 11.9 Å². The Kier molecular flexibility index (Phi) is 19.1. The van der Waals surface area contributed by atoms with Crippen LogP contribution in [0.1, 0.15) is 48.4 Å². The summed E-state index contributed by atoms with van der Waals surface area (Å²) in [4.78, 5) is 71.6. The molecule has 4 amide bonds. The molecule has 0 unspecified atom stereocenters. The summed E-state index contributed by atoms with van der Waals surface area (Å²) in [6.07, 6.45) is 0. The van der Waals surface area contributed by atoms with Crippen molar-refractivity contribution in [1.82, 2.24) is 0 Å². The molecule has 43 heavy (non-hydrogen) atoms. The van der Waals surface area contributed by atoms with Gasteiger partial charge in [0.2, 0.25) is 23.6 Å².